The molecule has 0 saturated heterocycles. The van der Waals surface area contributed by atoms with Crippen LogP contribution in [0.3, 0.4) is 0 Å². The first-order valence-electron chi connectivity index (χ1n) is 7.55. The van der Waals surface area contributed by atoms with E-state index in [9.17, 15) is 4.79 Å². The Morgan fingerprint density at radius 1 is 1.08 bits per heavy atom. The van der Waals surface area contributed by atoms with Crippen LogP contribution in [0.1, 0.15) is 12.0 Å². The molecule has 0 unspecified atom stereocenters. The third-order valence-corrected chi connectivity index (χ3v) is 4.58. The summed E-state index contributed by atoms with van der Waals surface area (Å²) >= 11 is 1.44. The maximum Gasteiger partial charge on any atom is 0.226 e. The molecule has 3 rings (SSSR count). The minimum Gasteiger partial charge on any atom is -0.497 e. The number of fused-ring (bicyclic) bond motifs is 1. The fourth-order valence-electron chi connectivity index (χ4n) is 2.32. The third-order valence-electron chi connectivity index (χ3n) is 3.64. The van der Waals surface area contributed by atoms with Gasteiger partial charge in [-0.2, -0.15) is 0 Å². The molecule has 1 N–H and O–H groups in total. The number of hydrogen-bond donors (Lipinski definition) is 1. The van der Waals surface area contributed by atoms with Crippen molar-refractivity contribution in [3.8, 4) is 11.5 Å². The summed E-state index contributed by atoms with van der Waals surface area (Å²) < 4.78 is 11.3. The van der Waals surface area contributed by atoms with Gasteiger partial charge >= 0.3 is 0 Å². The minimum absolute atomic E-state index is 0.0446. The van der Waals surface area contributed by atoms with Gasteiger partial charge in [0, 0.05) is 6.42 Å². The van der Waals surface area contributed by atoms with Crippen molar-refractivity contribution in [2.24, 2.45) is 0 Å². The Morgan fingerprint density at radius 3 is 2.50 bits per heavy atom. The van der Waals surface area contributed by atoms with E-state index in [2.05, 4.69) is 10.3 Å². The number of rotatable bonds is 6. The van der Waals surface area contributed by atoms with Crippen molar-refractivity contribution in [3.63, 3.8) is 0 Å². The number of methoxy groups -OCH3 is 2. The largest absolute Gasteiger partial charge is 0.497 e. The summed E-state index contributed by atoms with van der Waals surface area (Å²) in [6.45, 7) is 0. The number of nitrogens with zero attached hydrogens (tertiary/aromatic N) is 1. The molecule has 0 aliphatic rings. The van der Waals surface area contributed by atoms with Gasteiger partial charge in [-0.3, -0.25) is 4.79 Å². The van der Waals surface area contributed by atoms with E-state index in [1.54, 1.807) is 14.2 Å². The Kier molecular flexibility index (Phi) is 4.96. The minimum atomic E-state index is -0.0446. The summed E-state index contributed by atoms with van der Waals surface area (Å²) in [5.74, 6) is 1.55. The molecular weight excluding hydrogens is 324 g/mol. The van der Waals surface area contributed by atoms with Crippen molar-refractivity contribution in [3.05, 3.63) is 48.0 Å². The molecule has 1 heterocycles. The van der Waals surface area contributed by atoms with Crippen molar-refractivity contribution in [1.29, 1.82) is 0 Å². The van der Waals surface area contributed by atoms with Crippen LogP contribution in [0.5, 0.6) is 11.5 Å². The summed E-state index contributed by atoms with van der Waals surface area (Å²) in [7, 11) is 3.26. The van der Waals surface area contributed by atoms with Crippen molar-refractivity contribution in [1.82, 2.24) is 4.98 Å². The highest BCUT2D eigenvalue weighted by Gasteiger charge is 2.09. The molecule has 0 saturated carbocycles. The van der Waals surface area contributed by atoms with Gasteiger partial charge in [-0.25, -0.2) is 4.98 Å². The van der Waals surface area contributed by atoms with E-state index < -0.39 is 0 Å². The van der Waals surface area contributed by atoms with Gasteiger partial charge < -0.3 is 14.8 Å². The molecule has 6 heteroatoms. The van der Waals surface area contributed by atoms with Gasteiger partial charge in [0.15, 0.2) is 5.13 Å². The topological polar surface area (TPSA) is 60.5 Å². The molecule has 0 atom stereocenters. The van der Waals surface area contributed by atoms with E-state index in [1.165, 1.54) is 11.3 Å². The molecule has 0 fully saturated rings. The smallest absolute Gasteiger partial charge is 0.226 e. The molecule has 3 aromatic rings. The number of hydrogen-bond acceptors (Lipinski definition) is 5. The van der Waals surface area contributed by atoms with Crippen LogP contribution in [0.25, 0.3) is 10.2 Å². The molecule has 0 bridgehead atoms. The number of aryl methyl sites for hydroxylation is 1. The molecule has 24 heavy (non-hydrogen) atoms. The van der Waals surface area contributed by atoms with Gasteiger partial charge in [-0.15, -0.1) is 0 Å². The average Bonchev–Trinajstić information content (AvgIpc) is 3.01. The zero-order chi connectivity index (χ0) is 16.9. The van der Waals surface area contributed by atoms with Crippen LogP contribution in [0, 0.1) is 0 Å². The first-order valence-corrected chi connectivity index (χ1v) is 8.37. The average molecular weight is 342 g/mol. The lowest BCUT2D eigenvalue weighted by molar-refractivity contribution is -0.116. The molecule has 0 spiro atoms. The van der Waals surface area contributed by atoms with Crippen LogP contribution >= 0.6 is 11.3 Å². The Balaban J connectivity index is 1.59. The first-order chi connectivity index (χ1) is 11.7. The van der Waals surface area contributed by atoms with E-state index in [1.807, 2.05) is 42.5 Å². The molecule has 124 valence electrons. The Hall–Kier alpha value is -2.60. The second kappa shape index (κ2) is 7.31. The van der Waals surface area contributed by atoms with Crippen LogP contribution in [0.2, 0.25) is 0 Å². The number of amides is 1. The van der Waals surface area contributed by atoms with Crippen LogP contribution in [0.4, 0.5) is 5.13 Å². The SMILES string of the molecule is COc1ccc(CCC(=O)Nc2nc3ccc(OC)cc3s2)cc1. The number of nitrogens with one attached hydrogen (secondary N) is 1. The first kappa shape index (κ1) is 16.3. The van der Waals surface area contributed by atoms with E-state index in [-0.39, 0.29) is 5.91 Å². The summed E-state index contributed by atoms with van der Waals surface area (Å²) in [6, 6.07) is 13.4. The van der Waals surface area contributed by atoms with Gasteiger partial charge in [0.1, 0.15) is 11.5 Å². The standard InChI is InChI=1S/C18H18N2O3S/c1-22-13-6-3-12(4-7-13)5-10-17(21)20-18-19-15-9-8-14(23-2)11-16(15)24-18/h3-4,6-9,11H,5,10H2,1-2H3,(H,19,20,21). The van der Waals surface area contributed by atoms with E-state index in [0.717, 1.165) is 27.3 Å². The van der Waals surface area contributed by atoms with Gasteiger partial charge in [-0.05, 0) is 42.3 Å². The third kappa shape index (κ3) is 3.83. The Morgan fingerprint density at radius 2 is 1.79 bits per heavy atom. The lowest BCUT2D eigenvalue weighted by atomic mass is 10.1. The van der Waals surface area contributed by atoms with Gasteiger partial charge in [-0.1, -0.05) is 23.5 Å². The van der Waals surface area contributed by atoms with E-state index >= 15 is 0 Å². The summed E-state index contributed by atoms with van der Waals surface area (Å²) in [4.78, 5) is 16.5. The number of carbonyl (C=O) groups excluding carboxylic acids is 1. The summed E-state index contributed by atoms with van der Waals surface area (Å²) in [5, 5.41) is 3.47. The number of aromatic nitrogens is 1. The number of anilines is 1. The Labute approximate surface area is 144 Å². The lowest BCUT2D eigenvalue weighted by Crippen LogP contribution is -2.12. The zero-order valence-corrected chi connectivity index (χ0v) is 14.4. The van der Waals surface area contributed by atoms with E-state index in [0.29, 0.717) is 18.0 Å². The molecule has 5 nitrogen and oxygen atoms in total. The monoisotopic (exact) mass is 342 g/mol. The van der Waals surface area contributed by atoms with Crippen LogP contribution in [0.15, 0.2) is 42.5 Å². The normalized spacial score (nSPS) is 10.6. The number of thiazole rings is 1. The van der Waals surface area contributed by atoms with Crippen molar-refractivity contribution in [2.45, 2.75) is 12.8 Å². The quantitative estimate of drug-likeness (QED) is 0.738. The van der Waals surface area contributed by atoms with Crippen molar-refractivity contribution >= 4 is 32.6 Å². The highest BCUT2D eigenvalue weighted by Crippen LogP contribution is 2.29. The number of benzene rings is 2. The molecule has 0 aliphatic carbocycles. The second-order valence-corrected chi connectivity index (χ2v) is 6.28. The zero-order valence-electron chi connectivity index (χ0n) is 13.5. The van der Waals surface area contributed by atoms with Crippen LogP contribution in [-0.2, 0) is 11.2 Å². The van der Waals surface area contributed by atoms with E-state index in [4.69, 9.17) is 9.47 Å². The fourth-order valence-corrected chi connectivity index (χ4v) is 3.23. The molecule has 0 radical (unpaired) electrons. The molecule has 1 amide bonds. The highest BCUT2D eigenvalue weighted by molar-refractivity contribution is 7.22. The van der Waals surface area contributed by atoms with Gasteiger partial charge in [0.25, 0.3) is 0 Å². The van der Waals surface area contributed by atoms with Crippen molar-refractivity contribution < 1.29 is 14.3 Å². The second-order valence-electron chi connectivity index (χ2n) is 5.25. The number of ether oxygens (including phenoxy) is 2. The van der Waals surface area contributed by atoms with Crippen LogP contribution < -0.4 is 14.8 Å². The summed E-state index contributed by atoms with van der Waals surface area (Å²) in [6.07, 6.45) is 1.08. The van der Waals surface area contributed by atoms with Gasteiger partial charge in [0.05, 0.1) is 24.4 Å². The highest BCUT2D eigenvalue weighted by atomic mass is 32.1. The maximum atomic E-state index is 12.1. The molecular formula is C18H18N2O3S. The van der Waals surface area contributed by atoms with Crippen LogP contribution in [-0.4, -0.2) is 25.1 Å². The molecule has 2 aromatic carbocycles. The number of carbonyl (C=O) groups is 1. The predicted molar refractivity (Wildman–Crippen MR) is 96.1 cm³/mol. The van der Waals surface area contributed by atoms with Crippen molar-refractivity contribution in [2.75, 3.05) is 19.5 Å². The molecule has 0 aliphatic heterocycles. The summed E-state index contributed by atoms with van der Waals surface area (Å²) in [5.41, 5.74) is 1.95. The molecule has 1 aromatic heterocycles. The lowest BCUT2D eigenvalue weighted by Gasteiger charge is -2.03. The fraction of sp³-hybridized carbons (Fsp3) is 0.222. The predicted octanol–water partition coefficient (Wildman–Crippen LogP) is 3.88. The maximum absolute atomic E-state index is 12.1. The Bertz CT molecular complexity index is 843. The van der Waals surface area contributed by atoms with Gasteiger partial charge in [0.2, 0.25) is 5.91 Å².